The Morgan fingerprint density at radius 3 is 2.59 bits per heavy atom. The van der Waals surface area contributed by atoms with Gasteiger partial charge in [0.25, 0.3) is 0 Å². The quantitative estimate of drug-likeness (QED) is 0.898. The van der Waals surface area contributed by atoms with Crippen molar-refractivity contribution in [1.82, 2.24) is 10.3 Å². The Bertz CT molecular complexity index is 490. The van der Waals surface area contributed by atoms with Crippen molar-refractivity contribution >= 4 is 38.6 Å². The van der Waals surface area contributed by atoms with Gasteiger partial charge in [0.05, 0.1) is 15.5 Å². The van der Waals surface area contributed by atoms with Crippen LogP contribution in [0.2, 0.25) is 0 Å². The highest BCUT2D eigenvalue weighted by Gasteiger charge is 2.18. The molecule has 0 aliphatic rings. The lowest BCUT2D eigenvalue weighted by Gasteiger charge is -2.11. The summed E-state index contributed by atoms with van der Waals surface area (Å²) >= 11 is 6.99. The maximum absolute atomic E-state index is 4.71. The zero-order valence-electron chi connectivity index (χ0n) is 10.0. The molecule has 1 unspecified atom stereocenters. The van der Waals surface area contributed by atoms with E-state index in [4.69, 9.17) is 4.98 Å². The summed E-state index contributed by atoms with van der Waals surface area (Å²) in [4.78, 5) is 6.01. The van der Waals surface area contributed by atoms with Crippen molar-refractivity contribution in [2.75, 3.05) is 7.05 Å². The van der Waals surface area contributed by atoms with Gasteiger partial charge in [0.1, 0.15) is 5.01 Å². The number of nitrogens with zero attached hydrogens (tertiary/aromatic N) is 1. The molecule has 0 fully saturated rings. The summed E-state index contributed by atoms with van der Waals surface area (Å²) in [6, 6.07) is 4.44. The molecule has 0 saturated heterocycles. The summed E-state index contributed by atoms with van der Waals surface area (Å²) in [5.74, 6) is 0.493. The van der Waals surface area contributed by atoms with Crippen LogP contribution in [0, 0.1) is 0 Å². The smallest absolute Gasteiger partial charge is 0.115 e. The third-order valence-electron chi connectivity index (χ3n) is 2.55. The van der Waals surface area contributed by atoms with Crippen molar-refractivity contribution in [1.29, 1.82) is 0 Å². The van der Waals surface area contributed by atoms with E-state index < -0.39 is 0 Å². The lowest BCUT2D eigenvalue weighted by molar-refractivity contribution is 0.689. The van der Waals surface area contributed by atoms with Crippen LogP contribution >= 0.6 is 38.6 Å². The van der Waals surface area contributed by atoms with Gasteiger partial charge >= 0.3 is 0 Å². The first kappa shape index (κ1) is 13.2. The second kappa shape index (κ2) is 5.61. The minimum atomic E-state index is 0.212. The molecule has 0 radical (unpaired) electrons. The van der Waals surface area contributed by atoms with Crippen LogP contribution in [0.25, 0.3) is 0 Å². The van der Waals surface area contributed by atoms with Gasteiger partial charge in [0, 0.05) is 10.3 Å². The Morgan fingerprint density at radius 2 is 2.12 bits per heavy atom. The maximum Gasteiger partial charge on any atom is 0.115 e. The molecule has 1 N–H and O–H groups in total. The summed E-state index contributed by atoms with van der Waals surface area (Å²) in [6.45, 7) is 4.35. The largest absolute Gasteiger partial charge is 0.307 e. The zero-order valence-corrected chi connectivity index (χ0v) is 13.2. The maximum atomic E-state index is 4.71. The second-order valence-corrected chi connectivity index (χ2v) is 7.51. The zero-order chi connectivity index (χ0) is 12.4. The predicted molar refractivity (Wildman–Crippen MR) is 79.1 cm³/mol. The molecule has 2 aromatic rings. The molecule has 92 valence electrons. The highest BCUT2D eigenvalue weighted by atomic mass is 79.9. The number of thiazole rings is 1. The minimum absolute atomic E-state index is 0.212. The Morgan fingerprint density at radius 1 is 1.35 bits per heavy atom. The summed E-state index contributed by atoms with van der Waals surface area (Å²) in [5, 5.41) is 6.64. The number of nitrogens with one attached hydrogen (secondary N) is 1. The first-order valence-corrected chi connectivity index (χ1v) is 7.98. The van der Waals surface area contributed by atoms with Gasteiger partial charge in [0.2, 0.25) is 0 Å². The normalized spacial score (nSPS) is 13.2. The number of hydrogen-bond acceptors (Lipinski definition) is 4. The van der Waals surface area contributed by atoms with Crippen LogP contribution < -0.4 is 5.32 Å². The molecule has 0 saturated carbocycles. The number of rotatable bonds is 4. The summed E-state index contributed by atoms with van der Waals surface area (Å²) in [5.41, 5.74) is 1.18. The Hall–Kier alpha value is -0.230. The van der Waals surface area contributed by atoms with Gasteiger partial charge in [-0.3, -0.25) is 0 Å². The van der Waals surface area contributed by atoms with Gasteiger partial charge < -0.3 is 5.32 Å². The molecule has 2 rings (SSSR count). The molecule has 2 nitrogen and oxygen atoms in total. The van der Waals surface area contributed by atoms with Crippen molar-refractivity contribution < 1.29 is 0 Å². The van der Waals surface area contributed by atoms with Crippen molar-refractivity contribution in [3.8, 4) is 0 Å². The molecule has 2 heterocycles. The second-order valence-electron chi connectivity index (χ2n) is 4.13. The van der Waals surface area contributed by atoms with Crippen LogP contribution in [0.5, 0.6) is 0 Å². The molecule has 0 aliphatic heterocycles. The van der Waals surface area contributed by atoms with Gasteiger partial charge in [-0.1, -0.05) is 13.8 Å². The molecule has 1 atom stereocenters. The van der Waals surface area contributed by atoms with E-state index in [1.807, 2.05) is 7.05 Å². The number of hydrogen-bond donors (Lipinski definition) is 1. The number of aromatic nitrogens is 1. The molecule has 5 heteroatoms. The monoisotopic (exact) mass is 330 g/mol. The molecule has 0 amide bonds. The molecule has 2 aromatic heterocycles. The molecule has 0 bridgehead atoms. The minimum Gasteiger partial charge on any atom is -0.307 e. The number of thiophene rings is 1. The molecule has 0 spiro atoms. The van der Waals surface area contributed by atoms with Gasteiger partial charge in [0.15, 0.2) is 0 Å². The summed E-state index contributed by atoms with van der Waals surface area (Å²) < 4.78 is 1.16. The standard InChI is InChI=1S/C12H15BrN2S2/c1-7(2)8-6-16-12(15-8)11(14-3)9-4-5-10(13)17-9/h4-7,11,14H,1-3H3. The molecule has 0 aliphatic carbocycles. The van der Waals surface area contributed by atoms with Gasteiger partial charge in [-0.15, -0.1) is 22.7 Å². The van der Waals surface area contributed by atoms with Crippen LogP contribution in [-0.4, -0.2) is 12.0 Å². The van der Waals surface area contributed by atoms with E-state index in [1.54, 1.807) is 22.7 Å². The predicted octanol–water partition coefficient (Wildman–Crippen LogP) is 4.40. The Balaban J connectivity index is 2.28. The van der Waals surface area contributed by atoms with Crippen LogP contribution in [0.15, 0.2) is 21.3 Å². The molecule has 0 aromatic carbocycles. The van der Waals surface area contributed by atoms with Gasteiger partial charge in [-0.2, -0.15) is 0 Å². The lowest BCUT2D eigenvalue weighted by Crippen LogP contribution is -2.16. The highest BCUT2D eigenvalue weighted by molar-refractivity contribution is 9.11. The van der Waals surface area contributed by atoms with E-state index in [9.17, 15) is 0 Å². The third kappa shape index (κ3) is 2.96. The van der Waals surface area contributed by atoms with Crippen LogP contribution in [0.3, 0.4) is 0 Å². The van der Waals surface area contributed by atoms with Crippen molar-refractivity contribution in [3.05, 3.63) is 36.9 Å². The van der Waals surface area contributed by atoms with Crippen LogP contribution in [0.1, 0.15) is 41.4 Å². The number of halogens is 1. The van der Waals surface area contributed by atoms with Crippen molar-refractivity contribution in [2.24, 2.45) is 0 Å². The summed E-state index contributed by atoms with van der Waals surface area (Å²) in [7, 11) is 1.98. The third-order valence-corrected chi connectivity index (χ3v) is 5.16. The molecular formula is C12H15BrN2S2. The Kier molecular flexibility index (Phi) is 4.36. The van der Waals surface area contributed by atoms with Crippen molar-refractivity contribution in [2.45, 2.75) is 25.8 Å². The van der Waals surface area contributed by atoms with E-state index in [2.05, 4.69) is 52.6 Å². The van der Waals surface area contributed by atoms with Crippen molar-refractivity contribution in [3.63, 3.8) is 0 Å². The van der Waals surface area contributed by atoms with Crippen LogP contribution in [0.4, 0.5) is 0 Å². The average molecular weight is 331 g/mol. The fourth-order valence-electron chi connectivity index (χ4n) is 1.57. The molecule has 17 heavy (non-hydrogen) atoms. The highest BCUT2D eigenvalue weighted by Crippen LogP contribution is 2.33. The molecular weight excluding hydrogens is 316 g/mol. The van der Waals surface area contributed by atoms with E-state index in [-0.39, 0.29) is 6.04 Å². The van der Waals surface area contributed by atoms with E-state index >= 15 is 0 Å². The van der Waals surface area contributed by atoms with E-state index in [0.717, 1.165) is 8.79 Å². The first-order valence-electron chi connectivity index (χ1n) is 5.49. The average Bonchev–Trinajstić information content (AvgIpc) is 2.89. The van der Waals surface area contributed by atoms with Gasteiger partial charge in [-0.25, -0.2) is 4.98 Å². The van der Waals surface area contributed by atoms with Crippen LogP contribution in [-0.2, 0) is 0 Å². The first-order chi connectivity index (χ1) is 8.11. The fourth-order valence-corrected chi connectivity index (χ4v) is 4.29. The summed E-state index contributed by atoms with van der Waals surface area (Å²) in [6.07, 6.45) is 0. The Labute approximate surface area is 118 Å². The van der Waals surface area contributed by atoms with Gasteiger partial charge in [-0.05, 0) is 41.0 Å². The topological polar surface area (TPSA) is 24.9 Å². The SMILES string of the molecule is CNC(c1ccc(Br)s1)c1nc(C(C)C)cs1. The van der Waals surface area contributed by atoms with E-state index in [1.165, 1.54) is 10.6 Å². The fraction of sp³-hybridized carbons (Fsp3) is 0.417. The van der Waals surface area contributed by atoms with E-state index in [0.29, 0.717) is 5.92 Å². The lowest BCUT2D eigenvalue weighted by atomic mass is 10.2.